The number of hydrogen-bond donors (Lipinski definition) is 1. The van der Waals surface area contributed by atoms with E-state index >= 15 is 0 Å². The molecule has 0 fully saturated rings. The summed E-state index contributed by atoms with van der Waals surface area (Å²) in [5.41, 5.74) is 1.16. The standard InChI is InChI=1S/C10H9BrN4/c11-9-6-13-7-15-10(9)14-5-8-1-3-12-4-2-8/h1-4,6-7H,5H2,(H,13,14,15). The number of rotatable bonds is 3. The summed E-state index contributed by atoms with van der Waals surface area (Å²) in [7, 11) is 0. The normalized spacial score (nSPS) is 9.93. The molecule has 76 valence electrons. The third-order valence-corrected chi connectivity index (χ3v) is 2.46. The highest BCUT2D eigenvalue weighted by Crippen LogP contribution is 2.17. The third-order valence-electron chi connectivity index (χ3n) is 1.88. The minimum atomic E-state index is 0.720. The van der Waals surface area contributed by atoms with Crippen LogP contribution >= 0.6 is 15.9 Å². The molecule has 0 unspecified atom stereocenters. The van der Waals surface area contributed by atoms with Crippen LogP contribution in [0.15, 0.2) is 41.5 Å². The van der Waals surface area contributed by atoms with Gasteiger partial charge in [-0.05, 0) is 33.6 Å². The van der Waals surface area contributed by atoms with Crippen molar-refractivity contribution in [3.05, 3.63) is 47.1 Å². The van der Waals surface area contributed by atoms with E-state index < -0.39 is 0 Å². The Morgan fingerprint density at radius 1 is 1.20 bits per heavy atom. The first-order chi connectivity index (χ1) is 7.36. The van der Waals surface area contributed by atoms with E-state index in [0.29, 0.717) is 0 Å². The Bertz CT molecular complexity index is 432. The van der Waals surface area contributed by atoms with Crippen LogP contribution in [0.2, 0.25) is 0 Å². The molecule has 2 heterocycles. The minimum absolute atomic E-state index is 0.720. The molecule has 0 saturated heterocycles. The van der Waals surface area contributed by atoms with Crippen LogP contribution in [0.4, 0.5) is 5.82 Å². The molecule has 0 aliphatic heterocycles. The van der Waals surface area contributed by atoms with Gasteiger partial charge in [0.25, 0.3) is 0 Å². The lowest BCUT2D eigenvalue weighted by molar-refractivity contribution is 1.06. The number of anilines is 1. The molecule has 0 atom stereocenters. The molecule has 0 radical (unpaired) electrons. The molecule has 0 spiro atoms. The molecule has 15 heavy (non-hydrogen) atoms. The zero-order valence-corrected chi connectivity index (χ0v) is 9.48. The minimum Gasteiger partial charge on any atom is -0.365 e. The second-order valence-electron chi connectivity index (χ2n) is 2.93. The Labute approximate surface area is 95.9 Å². The highest BCUT2D eigenvalue weighted by molar-refractivity contribution is 9.10. The van der Waals surface area contributed by atoms with Crippen LogP contribution in [0, 0.1) is 0 Å². The summed E-state index contributed by atoms with van der Waals surface area (Å²) in [5, 5.41) is 3.20. The number of nitrogens with one attached hydrogen (secondary N) is 1. The van der Waals surface area contributed by atoms with Crippen LogP contribution in [-0.2, 0) is 6.54 Å². The highest BCUT2D eigenvalue weighted by Gasteiger charge is 1.99. The van der Waals surface area contributed by atoms with Gasteiger partial charge in [0.2, 0.25) is 0 Å². The second kappa shape index (κ2) is 4.84. The molecule has 0 saturated carbocycles. The lowest BCUT2D eigenvalue weighted by atomic mass is 10.3. The topological polar surface area (TPSA) is 50.7 Å². The van der Waals surface area contributed by atoms with Gasteiger partial charge in [0.05, 0.1) is 4.47 Å². The van der Waals surface area contributed by atoms with Crippen molar-refractivity contribution in [2.45, 2.75) is 6.54 Å². The molecule has 5 heteroatoms. The Morgan fingerprint density at radius 3 is 2.73 bits per heavy atom. The van der Waals surface area contributed by atoms with Crippen molar-refractivity contribution in [1.29, 1.82) is 0 Å². The monoisotopic (exact) mass is 264 g/mol. The molecule has 0 aliphatic rings. The molecule has 4 nitrogen and oxygen atoms in total. The maximum Gasteiger partial charge on any atom is 0.144 e. The van der Waals surface area contributed by atoms with Gasteiger partial charge < -0.3 is 5.32 Å². The Morgan fingerprint density at radius 2 is 2.00 bits per heavy atom. The third kappa shape index (κ3) is 2.73. The van der Waals surface area contributed by atoms with Crippen molar-refractivity contribution >= 4 is 21.7 Å². The summed E-state index contributed by atoms with van der Waals surface area (Å²) in [6.07, 6.45) is 6.76. The van der Waals surface area contributed by atoms with Gasteiger partial charge in [0.15, 0.2) is 0 Å². The van der Waals surface area contributed by atoms with Gasteiger partial charge in [-0.1, -0.05) is 0 Å². The van der Waals surface area contributed by atoms with Gasteiger partial charge in [-0.25, -0.2) is 9.97 Å². The van der Waals surface area contributed by atoms with E-state index in [4.69, 9.17) is 0 Å². The predicted octanol–water partition coefficient (Wildman–Crippen LogP) is 2.25. The zero-order valence-electron chi connectivity index (χ0n) is 7.89. The summed E-state index contributed by atoms with van der Waals surface area (Å²) < 4.78 is 0.860. The van der Waals surface area contributed by atoms with Gasteiger partial charge in [-0.15, -0.1) is 0 Å². The van der Waals surface area contributed by atoms with Crippen molar-refractivity contribution in [1.82, 2.24) is 15.0 Å². The summed E-state index contributed by atoms with van der Waals surface area (Å²) in [6, 6.07) is 3.92. The largest absolute Gasteiger partial charge is 0.365 e. The average Bonchev–Trinajstić information content (AvgIpc) is 2.29. The Kier molecular flexibility index (Phi) is 3.24. The Hall–Kier alpha value is -1.49. The summed E-state index contributed by atoms with van der Waals surface area (Å²) in [4.78, 5) is 12.0. The molecular weight excluding hydrogens is 256 g/mol. The number of nitrogens with zero attached hydrogens (tertiary/aromatic N) is 3. The quantitative estimate of drug-likeness (QED) is 0.924. The Balaban J connectivity index is 2.03. The summed E-state index contributed by atoms with van der Waals surface area (Å²) in [5.74, 6) is 0.793. The molecule has 0 aliphatic carbocycles. The van der Waals surface area contributed by atoms with Crippen molar-refractivity contribution < 1.29 is 0 Å². The SMILES string of the molecule is Brc1cncnc1NCc1ccncc1. The van der Waals surface area contributed by atoms with Gasteiger partial charge in [-0.3, -0.25) is 4.98 Å². The predicted molar refractivity (Wildman–Crippen MR) is 61.3 cm³/mol. The molecule has 2 aromatic heterocycles. The van der Waals surface area contributed by atoms with E-state index in [1.165, 1.54) is 6.33 Å². The molecular formula is C10H9BrN4. The molecule has 0 bridgehead atoms. The van der Waals surface area contributed by atoms with E-state index in [0.717, 1.165) is 22.4 Å². The van der Waals surface area contributed by atoms with E-state index in [2.05, 4.69) is 36.2 Å². The highest BCUT2D eigenvalue weighted by atomic mass is 79.9. The van der Waals surface area contributed by atoms with Crippen molar-refractivity contribution in [3.63, 3.8) is 0 Å². The number of hydrogen-bond acceptors (Lipinski definition) is 4. The number of aromatic nitrogens is 3. The van der Waals surface area contributed by atoms with Crippen LogP contribution in [-0.4, -0.2) is 15.0 Å². The van der Waals surface area contributed by atoms with Gasteiger partial charge in [-0.2, -0.15) is 0 Å². The second-order valence-corrected chi connectivity index (χ2v) is 3.78. The van der Waals surface area contributed by atoms with E-state index in [9.17, 15) is 0 Å². The number of pyridine rings is 1. The van der Waals surface area contributed by atoms with Gasteiger partial charge in [0, 0.05) is 25.1 Å². The first kappa shape index (κ1) is 10.0. The van der Waals surface area contributed by atoms with E-state index in [1.807, 2.05) is 12.1 Å². The van der Waals surface area contributed by atoms with Crippen LogP contribution in [0.5, 0.6) is 0 Å². The van der Waals surface area contributed by atoms with E-state index in [1.54, 1.807) is 18.6 Å². The molecule has 2 aromatic rings. The van der Waals surface area contributed by atoms with Gasteiger partial charge in [0.1, 0.15) is 12.1 Å². The fourth-order valence-corrected chi connectivity index (χ4v) is 1.49. The lowest BCUT2D eigenvalue weighted by Gasteiger charge is -2.06. The van der Waals surface area contributed by atoms with Gasteiger partial charge >= 0.3 is 0 Å². The van der Waals surface area contributed by atoms with Crippen LogP contribution in [0.1, 0.15) is 5.56 Å². The first-order valence-electron chi connectivity index (χ1n) is 4.44. The summed E-state index contributed by atoms with van der Waals surface area (Å²) >= 11 is 3.37. The fraction of sp³-hybridized carbons (Fsp3) is 0.100. The van der Waals surface area contributed by atoms with Crippen molar-refractivity contribution in [3.8, 4) is 0 Å². The first-order valence-corrected chi connectivity index (χ1v) is 5.24. The smallest absolute Gasteiger partial charge is 0.144 e. The average molecular weight is 265 g/mol. The molecule has 0 aromatic carbocycles. The van der Waals surface area contributed by atoms with Crippen LogP contribution in [0.3, 0.4) is 0 Å². The van der Waals surface area contributed by atoms with Crippen molar-refractivity contribution in [2.24, 2.45) is 0 Å². The molecule has 2 rings (SSSR count). The zero-order chi connectivity index (χ0) is 10.5. The lowest BCUT2D eigenvalue weighted by Crippen LogP contribution is -2.02. The summed E-state index contributed by atoms with van der Waals surface area (Å²) in [6.45, 7) is 0.720. The fourth-order valence-electron chi connectivity index (χ4n) is 1.13. The molecule has 0 amide bonds. The van der Waals surface area contributed by atoms with Crippen LogP contribution in [0.25, 0.3) is 0 Å². The van der Waals surface area contributed by atoms with Crippen molar-refractivity contribution in [2.75, 3.05) is 5.32 Å². The number of halogens is 1. The van der Waals surface area contributed by atoms with E-state index in [-0.39, 0.29) is 0 Å². The van der Waals surface area contributed by atoms with Crippen LogP contribution < -0.4 is 5.32 Å². The molecule has 1 N–H and O–H groups in total. The maximum absolute atomic E-state index is 4.11. The maximum atomic E-state index is 4.11.